The van der Waals surface area contributed by atoms with Gasteiger partial charge in [0.05, 0.1) is 6.42 Å². The van der Waals surface area contributed by atoms with Gasteiger partial charge in [-0.05, 0) is 16.3 Å². The molecule has 0 aromatic heterocycles. The maximum atomic E-state index is 11.7. The minimum atomic E-state index is 0.136. The van der Waals surface area contributed by atoms with Gasteiger partial charge in [-0.1, -0.05) is 42.5 Å². The predicted octanol–water partition coefficient (Wildman–Crippen LogP) is 2.47. The number of likely N-dealkylation sites (N-methyl/N-ethyl adjacent to an activating group) is 1. The molecular weight excluding hydrogens is 198 g/mol. The van der Waals surface area contributed by atoms with Crippen LogP contribution in [0.3, 0.4) is 0 Å². The zero-order valence-corrected chi connectivity index (χ0v) is 9.60. The van der Waals surface area contributed by atoms with Crippen molar-refractivity contribution in [2.45, 2.75) is 6.42 Å². The van der Waals surface area contributed by atoms with E-state index in [0.717, 1.165) is 5.56 Å². The molecule has 2 rings (SSSR count). The number of hydrogen-bond acceptors (Lipinski definition) is 1. The van der Waals surface area contributed by atoms with Crippen molar-refractivity contribution in [2.24, 2.45) is 0 Å². The summed E-state index contributed by atoms with van der Waals surface area (Å²) in [6.45, 7) is 0. The first-order chi connectivity index (χ1) is 7.68. The first-order valence-electron chi connectivity index (χ1n) is 5.35. The lowest BCUT2D eigenvalue weighted by Gasteiger charge is -2.11. The third-order valence-corrected chi connectivity index (χ3v) is 2.72. The van der Waals surface area contributed by atoms with Gasteiger partial charge in [-0.15, -0.1) is 0 Å². The molecule has 0 saturated carbocycles. The highest BCUT2D eigenvalue weighted by Crippen LogP contribution is 2.19. The van der Waals surface area contributed by atoms with Gasteiger partial charge in [0.25, 0.3) is 0 Å². The summed E-state index contributed by atoms with van der Waals surface area (Å²) in [5.74, 6) is 0.136. The molecule has 0 aliphatic heterocycles. The Morgan fingerprint density at radius 1 is 1.06 bits per heavy atom. The molecule has 2 nitrogen and oxygen atoms in total. The fraction of sp³-hybridized carbons (Fsp3) is 0.214. The van der Waals surface area contributed by atoms with Gasteiger partial charge in [0, 0.05) is 14.1 Å². The van der Waals surface area contributed by atoms with Gasteiger partial charge in [0.1, 0.15) is 0 Å². The molecule has 0 unspecified atom stereocenters. The molecule has 0 radical (unpaired) electrons. The second-order valence-corrected chi connectivity index (χ2v) is 4.10. The van der Waals surface area contributed by atoms with E-state index in [0.29, 0.717) is 6.42 Å². The van der Waals surface area contributed by atoms with Crippen molar-refractivity contribution in [2.75, 3.05) is 14.1 Å². The Kier molecular flexibility index (Phi) is 2.91. The van der Waals surface area contributed by atoms with Crippen LogP contribution < -0.4 is 0 Å². The lowest BCUT2D eigenvalue weighted by atomic mass is 10.0. The molecule has 0 aliphatic rings. The van der Waals surface area contributed by atoms with Crippen LogP contribution in [0.2, 0.25) is 0 Å². The molecule has 0 N–H and O–H groups in total. The summed E-state index contributed by atoms with van der Waals surface area (Å²) in [6.07, 6.45) is 0.467. The van der Waals surface area contributed by atoms with Crippen LogP contribution in [0.5, 0.6) is 0 Å². The Labute approximate surface area is 95.5 Å². The summed E-state index contributed by atoms with van der Waals surface area (Å²) in [5.41, 5.74) is 1.09. The summed E-state index contributed by atoms with van der Waals surface area (Å²) in [5, 5.41) is 2.35. The van der Waals surface area contributed by atoms with Crippen LogP contribution in [0.4, 0.5) is 0 Å². The van der Waals surface area contributed by atoms with Crippen LogP contribution in [0.1, 0.15) is 5.56 Å². The summed E-state index contributed by atoms with van der Waals surface area (Å²) >= 11 is 0. The maximum Gasteiger partial charge on any atom is 0.226 e. The Balaban J connectivity index is 2.41. The largest absolute Gasteiger partial charge is 0.349 e. The number of carbonyl (C=O) groups excluding carboxylic acids is 1. The quantitative estimate of drug-likeness (QED) is 0.750. The Bertz CT molecular complexity index is 512. The lowest BCUT2D eigenvalue weighted by molar-refractivity contribution is -0.127. The van der Waals surface area contributed by atoms with Gasteiger partial charge in [-0.2, -0.15) is 0 Å². The van der Waals surface area contributed by atoms with Crippen molar-refractivity contribution in [1.29, 1.82) is 0 Å². The molecule has 0 saturated heterocycles. The van der Waals surface area contributed by atoms with Crippen molar-refractivity contribution in [3.05, 3.63) is 48.0 Å². The third kappa shape index (κ3) is 2.06. The molecule has 0 heterocycles. The van der Waals surface area contributed by atoms with Gasteiger partial charge in [0.2, 0.25) is 5.91 Å². The third-order valence-electron chi connectivity index (χ3n) is 2.72. The average molecular weight is 213 g/mol. The number of carbonyl (C=O) groups is 1. The molecule has 2 aromatic rings. The molecular formula is C14H15NO. The van der Waals surface area contributed by atoms with Gasteiger partial charge < -0.3 is 4.90 Å². The van der Waals surface area contributed by atoms with Crippen molar-refractivity contribution in [1.82, 2.24) is 4.90 Å². The van der Waals surface area contributed by atoms with Crippen LogP contribution in [0.25, 0.3) is 10.8 Å². The Morgan fingerprint density at radius 3 is 2.50 bits per heavy atom. The first kappa shape index (κ1) is 10.7. The van der Waals surface area contributed by atoms with Crippen molar-refractivity contribution in [3.8, 4) is 0 Å². The molecule has 82 valence electrons. The van der Waals surface area contributed by atoms with Gasteiger partial charge in [0.15, 0.2) is 0 Å². The van der Waals surface area contributed by atoms with E-state index in [1.165, 1.54) is 10.8 Å². The number of amides is 1. The average Bonchev–Trinajstić information content (AvgIpc) is 2.29. The van der Waals surface area contributed by atoms with Crippen LogP contribution in [0.15, 0.2) is 42.5 Å². The minimum absolute atomic E-state index is 0.136. The van der Waals surface area contributed by atoms with E-state index < -0.39 is 0 Å². The molecule has 0 bridgehead atoms. The second-order valence-electron chi connectivity index (χ2n) is 4.10. The second kappa shape index (κ2) is 4.35. The highest BCUT2D eigenvalue weighted by Gasteiger charge is 2.07. The number of nitrogens with zero attached hydrogens (tertiary/aromatic N) is 1. The van der Waals surface area contributed by atoms with Crippen LogP contribution in [-0.4, -0.2) is 24.9 Å². The predicted molar refractivity (Wildman–Crippen MR) is 66.3 cm³/mol. The Hall–Kier alpha value is -1.83. The van der Waals surface area contributed by atoms with Crippen molar-refractivity contribution < 1.29 is 4.79 Å². The van der Waals surface area contributed by atoms with Crippen molar-refractivity contribution in [3.63, 3.8) is 0 Å². The van der Waals surface area contributed by atoms with E-state index in [-0.39, 0.29) is 5.91 Å². The molecule has 0 spiro atoms. The number of rotatable bonds is 2. The van der Waals surface area contributed by atoms with Crippen LogP contribution in [0, 0.1) is 0 Å². The molecule has 1 amide bonds. The lowest BCUT2D eigenvalue weighted by Crippen LogP contribution is -2.23. The first-order valence-corrected chi connectivity index (χ1v) is 5.35. The fourth-order valence-corrected chi connectivity index (χ4v) is 1.77. The van der Waals surface area contributed by atoms with Crippen LogP contribution in [-0.2, 0) is 11.2 Å². The van der Waals surface area contributed by atoms with E-state index in [9.17, 15) is 4.79 Å². The monoisotopic (exact) mass is 213 g/mol. The normalized spacial score (nSPS) is 10.4. The zero-order valence-electron chi connectivity index (χ0n) is 9.60. The summed E-state index contributed by atoms with van der Waals surface area (Å²) in [6, 6.07) is 14.2. The van der Waals surface area contributed by atoms with Crippen LogP contribution >= 0.6 is 0 Å². The van der Waals surface area contributed by atoms with Crippen molar-refractivity contribution >= 4 is 16.7 Å². The van der Waals surface area contributed by atoms with E-state index in [1.807, 2.05) is 24.3 Å². The highest BCUT2D eigenvalue weighted by molar-refractivity contribution is 5.90. The number of fused-ring (bicyclic) bond motifs is 1. The van der Waals surface area contributed by atoms with E-state index in [2.05, 4.69) is 18.2 Å². The molecule has 2 aromatic carbocycles. The highest BCUT2D eigenvalue weighted by atomic mass is 16.2. The SMILES string of the molecule is CN(C)C(=O)Cc1cccc2ccccc12. The molecule has 0 atom stereocenters. The van der Waals surface area contributed by atoms with E-state index in [1.54, 1.807) is 19.0 Å². The summed E-state index contributed by atoms with van der Waals surface area (Å²) < 4.78 is 0. The fourth-order valence-electron chi connectivity index (χ4n) is 1.77. The molecule has 0 aliphatic carbocycles. The number of hydrogen-bond donors (Lipinski definition) is 0. The molecule has 16 heavy (non-hydrogen) atoms. The summed E-state index contributed by atoms with van der Waals surface area (Å²) in [7, 11) is 3.57. The molecule has 2 heteroatoms. The smallest absolute Gasteiger partial charge is 0.226 e. The maximum absolute atomic E-state index is 11.7. The topological polar surface area (TPSA) is 20.3 Å². The number of benzene rings is 2. The van der Waals surface area contributed by atoms with E-state index >= 15 is 0 Å². The van der Waals surface area contributed by atoms with Gasteiger partial charge in [-0.25, -0.2) is 0 Å². The van der Waals surface area contributed by atoms with E-state index in [4.69, 9.17) is 0 Å². The summed E-state index contributed by atoms with van der Waals surface area (Å²) in [4.78, 5) is 13.3. The van der Waals surface area contributed by atoms with Gasteiger partial charge in [-0.3, -0.25) is 4.79 Å². The minimum Gasteiger partial charge on any atom is -0.349 e. The molecule has 0 fully saturated rings. The Morgan fingerprint density at radius 2 is 1.75 bits per heavy atom. The zero-order chi connectivity index (χ0) is 11.5. The van der Waals surface area contributed by atoms with Gasteiger partial charge >= 0.3 is 0 Å². The standard InChI is InChI=1S/C14H15NO/c1-15(2)14(16)10-12-8-5-7-11-6-3-4-9-13(11)12/h3-9H,10H2,1-2H3.